The zero-order valence-corrected chi connectivity index (χ0v) is 13.2. The monoisotopic (exact) mass is 356 g/mol. The van der Waals surface area contributed by atoms with Crippen LogP contribution in [0.2, 0.25) is 0 Å². The van der Waals surface area contributed by atoms with E-state index in [0.29, 0.717) is 17.5 Å². The summed E-state index contributed by atoms with van der Waals surface area (Å²) in [5.41, 5.74) is 0.891. The molecule has 11 heteroatoms. The number of nitrogens with two attached hydrogens (primary N) is 1. The molecule has 2 aliphatic rings. The van der Waals surface area contributed by atoms with E-state index in [1.807, 2.05) is 0 Å². The first-order valence-corrected chi connectivity index (χ1v) is 8.78. The topological polar surface area (TPSA) is 135 Å². The fraction of sp³-hybridized carbons (Fsp3) is 0.250. The Balaban J connectivity index is 1.67. The molecule has 2 aliphatic heterocycles. The lowest BCUT2D eigenvalue weighted by Crippen LogP contribution is -2.20. The molecule has 23 heavy (non-hydrogen) atoms. The molecule has 2 heterocycles. The Labute approximate surface area is 135 Å². The number of primary sulfonamides is 1. The molecule has 1 aromatic carbocycles. The number of ether oxygens (including phenoxy) is 1. The van der Waals surface area contributed by atoms with Gasteiger partial charge in [0.25, 0.3) is 10.0 Å². The Kier molecular flexibility index (Phi) is 4.00. The highest BCUT2D eigenvalue weighted by molar-refractivity contribution is 8.42. The molecule has 0 amide bonds. The zero-order chi connectivity index (χ0) is 16.6. The first-order chi connectivity index (χ1) is 10.8. The fourth-order valence-electron chi connectivity index (χ4n) is 2.07. The summed E-state index contributed by atoms with van der Waals surface area (Å²) in [4.78, 5) is 14.9. The number of carbonyl (C=O) groups is 1. The smallest absolute Gasteiger partial charge is 0.341 e. The van der Waals surface area contributed by atoms with Crippen LogP contribution in [0.25, 0.3) is 0 Å². The normalized spacial score (nSPS) is 20.0. The van der Waals surface area contributed by atoms with E-state index in [1.54, 1.807) is 24.3 Å². The number of fused-ring (bicyclic) bond motifs is 1. The summed E-state index contributed by atoms with van der Waals surface area (Å²) < 4.78 is 27.4. The molecule has 9 nitrogen and oxygen atoms in total. The summed E-state index contributed by atoms with van der Waals surface area (Å²) in [5.74, 6) is -0.594. The summed E-state index contributed by atoms with van der Waals surface area (Å²) in [6.07, 6.45) is 0. The molecule has 3 rings (SSSR count). The van der Waals surface area contributed by atoms with Gasteiger partial charge in [-0.25, -0.2) is 23.4 Å². The minimum absolute atomic E-state index is 0.160. The van der Waals surface area contributed by atoms with Crippen LogP contribution >= 0.6 is 11.8 Å². The number of thioether (sulfide) groups is 1. The van der Waals surface area contributed by atoms with Gasteiger partial charge in [-0.2, -0.15) is 0 Å². The second kappa shape index (κ2) is 5.83. The van der Waals surface area contributed by atoms with Crippen LogP contribution in [0.1, 0.15) is 11.6 Å². The predicted molar refractivity (Wildman–Crippen MR) is 84.6 cm³/mol. The average molecular weight is 356 g/mol. The van der Waals surface area contributed by atoms with Gasteiger partial charge in [-0.3, -0.25) is 4.99 Å². The van der Waals surface area contributed by atoms with Crippen molar-refractivity contribution in [2.75, 3.05) is 13.2 Å². The van der Waals surface area contributed by atoms with Crippen LogP contribution in [-0.4, -0.2) is 47.2 Å². The number of nitrogens with zero attached hydrogens (tertiary/aromatic N) is 3. The number of amidine groups is 1. The quantitative estimate of drug-likeness (QED) is 0.785. The molecule has 3 N–H and O–H groups in total. The highest BCUT2D eigenvalue weighted by Gasteiger charge is 2.36. The van der Waals surface area contributed by atoms with Crippen LogP contribution in [0.3, 0.4) is 0 Å². The number of hydrazone groups is 1. The number of carboxylic acids is 1. The van der Waals surface area contributed by atoms with Crippen molar-refractivity contribution in [3.63, 3.8) is 0 Å². The first kappa shape index (κ1) is 15.8. The second-order valence-corrected chi connectivity index (χ2v) is 7.47. The summed E-state index contributed by atoms with van der Waals surface area (Å²) in [6.45, 7) is 0.0111. The summed E-state index contributed by atoms with van der Waals surface area (Å²) in [7, 11) is -3.82. The van der Waals surface area contributed by atoms with Gasteiger partial charge in [0.2, 0.25) is 4.38 Å². The van der Waals surface area contributed by atoms with Crippen LogP contribution in [0.5, 0.6) is 5.75 Å². The molecule has 0 saturated carbocycles. The maximum Gasteiger partial charge on any atom is 0.341 e. The summed E-state index contributed by atoms with van der Waals surface area (Å²) >= 11 is 0.924. The number of benzene rings is 1. The minimum atomic E-state index is -3.82. The molecule has 0 radical (unpaired) electrons. The third-order valence-corrected chi connectivity index (χ3v) is 5.35. The zero-order valence-electron chi connectivity index (χ0n) is 11.6. The van der Waals surface area contributed by atoms with E-state index in [1.165, 1.54) is 5.01 Å². The molecule has 1 aromatic rings. The SMILES string of the molecule is NS(=O)(=O)C1=NN2CC(c3ccc(OCC(=O)O)cc3)N=C2S1. The molecule has 0 bridgehead atoms. The van der Waals surface area contributed by atoms with E-state index in [9.17, 15) is 13.2 Å². The number of sulfonamides is 1. The van der Waals surface area contributed by atoms with E-state index >= 15 is 0 Å². The standard InChI is InChI=1S/C12H12N4O5S2/c13-23(19,20)12-15-16-5-9(14-11(16)22-12)7-1-3-8(4-2-7)21-6-10(17)18/h1-4,9H,5-6H2,(H,17,18)(H2,13,19,20). The predicted octanol–water partition coefficient (Wildman–Crippen LogP) is 0.169. The van der Waals surface area contributed by atoms with Gasteiger partial charge in [0.05, 0.1) is 12.6 Å². The Hall–Kier alpha value is -2.11. The molecule has 0 spiro atoms. The third-order valence-electron chi connectivity index (χ3n) is 3.08. The number of hydrogen-bond acceptors (Lipinski definition) is 8. The van der Waals surface area contributed by atoms with Crippen molar-refractivity contribution in [3.05, 3.63) is 29.8 Å². The van der Waals surface area contributed by atoms with Crippen molar-refractivity contribution in [2.24, 2.45) is 15.2 Å². The second-order valence-electron chi connectivity index (χ2n) is 4.77. The molecule has 122 valence electrons. The van der Waals surface area contributed by atoms with Crippen LogP contribution in [0.15, 0.2) is 34.4 Å². The van der Waals surface area contributed by atoms with Gasteiger partial charge < -0.3 is 9.84 Å². The van der Waals surface area contributed by atoms with Gasteiger partial charge in [0.1, 0.15) is 5.75 Å². The van der Waals surface area contributed by atoms with E-state index in [2.05, 4.69) is 10.1 Å². The maximum absolute atomic E-state index is 11.3. The molecule has 0 aromatic heterocycles. The number of carboxylic acid groups (broad SMARTS) is 1. The van der Waals surface area contributed by atoms with E-state index in [-0.39, 0.29) is 10.4 Å². The van der Waals surface area contributed by atoms with Crippen LogP contribution < -0.4 is 9.88 Å². The van der Waals surface area contributed by atoms with Crippen molar-refractivity contribution in [1.82, 2.24) is 5.01 Å². The molecular weight excluding hydrogens is 344 g/mol. The lowest BCUT2D eigenvalue weighted by atomic mass is 10.1. The largest absolute Gasteiger partial charge is 0.482 e. The van der Waals surface area contributed by atoms with E-state index < -0.39 is 22.6 Å². The van der Waals surface area contributed by atoms with Crippen LogP contribution in [0.4, 0.5) is 0 Å². The van der Waals surface area contributed by atoms with Crippen molar-refractivity contribution >= 4 is 37.3 Å². The maximum atomic E-state index is 11.3. The molecular formula is C12H12N4O5S2. The van der Waals surface area contributed by atoms with Gasteiger partial charge in [-0.1, -0.05) is 12.1 Å². The Morgan fingerprint density at radius 3 is 2.70 bits per heavy atom. The molecule has 0 aliphatic carbocycles. The molecule has 1 atom stereocenters. The van der Waals surface area contributed by atoms with E-state index in [0.717, 1.165) is 17.3 Å². The highest BCUT2D eigenvalue weighted by Crippen LogP contribution is 2.34. The third kappa shape index (κ3) is 3.46. The van der Waals surface area contributed by atoms with Gasteiger partial charge in [-0.15, -0.1) is 5.10 Å². The number of hydrogen-bond donors (Lipinski definition) is 2. The Morgan fingerprint density at radius 1 is 1.43 bits per heavy atom. The number of aliphatic carboxylic acids is 1. The summed E-state index contributed by atoms with van der Waals surface area (Å²) in [5, 5.41) is 19.5. The Bertz CT molecular complexity index is 803. The van der Waals surface area contributed by atoms with Crippen molar-refractivity contribution < 1.29 is 23.1 Å². The van der Waals surface area contributed by atoms with Gasteiger partial charge in [0.15, 0.2) is 11.8 Å². The van der Waals surface area contributed by atoms with E-state index in [4.69, 9.17) is 15.0 Å². The van der Waals surface area contributed by atoms with Crippen LogP contribution in [-0.2, 0) is 14.8 Å². The molecule has 1 unspecified atom stereocenters. The summed E-state index contributed by atoms with van der Waals surface area (Å²) in [6, 6.07) is 6.70. The van der Waals surface area contributed by atoms with Gasteiger partial charge >= 0.3 is 5.97 Å². The van der Waals surface area contributed by atoms with Crippen molar-refractivity contribution in [1.29, 1.82) is 0 Å². The first-order valence-electron chi connectivity index (χ1n) is 6.42. The van der Waals surface area contributed by atoms with Gasteiger partial charge in [0, 0.05) is 0 Å². The number of aliphatic imine (C=N–C) groups is 1. The Morgan fingerprint density at radius 2 is 2.13 bits per heavy atom. The minimum Gasteiger partial charge on any atom is -0.482 e. The van der Waals surface area contributed by atoms with Crippen molar-refractivity contribution in [2.45, 2.75) is 6.04 Å². The lowest BCUT2D eigenvalue weighted by molar-refractivity contribution is -0.139. The van der Waals surface area contributed by atoms with Gasteiger partial charge in [-0.05, 0) is 29.5 Å². The average Bonchev–Trinajstić information content (AvgIpc) is 3.03. The number of rotatable bonds is 4. The molecule has 0 saturated heterocycles. The van der Waals surface area contributed by atoms with Crippen LogP contribution in [0, 0.1) is 0 Å². The fourth-order valence-corrected chi connectivity index (χ4v) is 3.67. The highest BCUT2D eigenvalue weighted by atomic mass is 32.3. The van der Waals surface area contributed by atoms with Crippen molar-refractivity contribution in [3.8, 4) is 5.75 Å². The molecule has 0 fully saturated rings. The lowest BCUT2D eigenvalue weighted by Gasteiger charge is -2.10.